The standard InChI is InChI=1S/C25H29FN2O3/c1-16(2)14-28-22(17-6-9-19(26)10-7-17)13-21(27-28)20-12-18(25(3,4)5)8-11-23(20)31-15-24(29)30/h6-13,16H,14-15H2,1-5H3,(H,29,30). The van der Waals surface area contributed by atoms with Gasteiger partial charge < -0.3 is 9.84 Å². The van der Waals surface area contributed by atoms with Crippen molar-refractivity contribution >= 4 is 5.97 Å². The second-order valence-corrected chi connectivity index (χ2v) is 9.14. The molecule has 3 rings (SSSR count). The summed E-state index contributed by atoms with van der Waals surface area (Å²) in [5, 5.41) is 13.9. The molecule has 0 amide bonds. The number of rotatable bonds is 7. The number of carboxylic acids is 1. The quantitative estimate of drug-likeness (QED) is 0.523. The van der Waals surface area contributed by atoms with Crippen LogP contribution in [-0.4, -0.2) is 27.5 Å². The number of hydrogen-bond acceptors (Lipinski definition) is 3. The zero-order valence-corrected chi connectivity index (χ0v) is 18.6. The molecule has 3 aromatic rings. The van der Waals surface area contributed by atoms with E-state index in [0.717, 1.165) is 22.4 Å². The molecule has 31 heavy (non-hydrogen) atoms. The van der Waals surface area contributed by atoms with Gasteiger partial charge in [0.2, 0.25) is 0 Å². The van der Waals surface area contributed by atoms with E-state index in [1.165, 1.54) is 12.1 Å². The number of nitrogens with zero attached hydrogens (tertiary/aromatic N) is 2. The van der Waals surface area contributed by atoms with Crippen molar-refractivity contribution in [2.75, 3.05) is 6.61 Å². The van der Waals surface area contributed by atoms with E-state index in [2.05, 4.69) is 34.6 Å². The second kappa shape index (κ2) is 8.92. The van der Waals surface area contributed by atoms with E-state index in [1.54, 1.807) is 18.2 Å². The summed E-state index contributed by atoms with van der Waals surface area (Å²) in [6.45, 7) is 10.8. The lowest BCUT2D eigenvalue weighted by Gasteiger charge is -2.21. The lowest BCUT2D eigenvalue weighted by Crippen LogP contribution is -2.13. The third kappa shape index (κ3) is 5.51. The minimum absolute atomic E-state index is 0.0969. The summed E-state index contributed by atoms with van der Waals surface area (Å²) in [6, 6.07) is 14.1. The topological polar surface area (TPSA) is 64.4 Å². The van der Waals surface area contributed by atoms with Crippen molar-refractivity contribution in [1.29, 1.82) is 0 Å². The van der Waals surface area contributed by atoms with E-state index in [9.17, 15) is 9.18 Å². The molecule has 0 fully saturated rings. The van der Waals surface area contributed by atoms with Crippen molar-refractivity contribution in [2.45, 2.75) is 46.6 Å². The first-order valence-corrected chi connectivity index (χ1v) is 10.4. The van der Waals surface area contributed by atoms with Gasteiger partial charge in [0.25, 0.3) is 0 Å². The first-order chi connectivity index (χ1) is 14.5. The summed E-state index contributed by atoms with van der Waals surface area (Å²) in [5.41, 5.74) is 4.15. The van der Waals surface area contributed by atoms with Crippen LogP contribution >= 0.6 is 0 Å². The molecule has 0 atom stereocenters. The molecule has 0 aliphatic carbocycles. The third-order valence-electron chi connectivity index (χ3n) is 4.93. The highest BCUT2D eigenvalue weighted by Gasteiger charge is 2.20. The maximum Gasteiger partial charge on any atom is 0.341 e. The summed E-state index contributed by atoms with van der Waals surface area (Å²) in [4.78, 5) is 11.1. The maximum atomic E-state index is 13.5. The summed E-state index contributed by atoms with van der Waals surface area (Å²) < 4.78 is 20.9. The number of hydrogen-bond donors (Lipinski definition) is 1. The molecular weight excluding hydrogens is 395 g/mol. The van der Waals surface area contributed by atoms with Crippen LogP contribution in [0.25, 0.3) is 22.5 Å². The van der Waals surface area contributed by atoms with E-state index >= 15 is 0 Å². The highest BCUT2D eigenvalue weighted by atomic mass is 19.1. The number of benzene rings is 2. The van der Waals surface area contributed by atoms with E-state index < -0.39 is 12.6 Å². The zero-order chi connectivity index (χ0) is 22.8. The molecule has 0 saturated heterocycles. The molecule has 0 unspecified atom stereocenters. The minimum Gasteiger partial charge on any atom is -0.481 e. The molecule has 1 heterocycles. The highest BCUT2D eigenvalue weighted by Crippen LogP contribution is 2.36. The highest BCUT2D eigenvalue weighted by molar-refractivity contribution is 5.74. The first kappa shape index (κ1) is 22.5. The number of carbonyl (C=O) groups is 1. The predicted octanol–water partition coefficient (Wildman–Crippen LogP) is 5.77. The van der Waals surface area contributed by atoms with Crippen molar-refractivity contribution in [3.05, 3.63) is 59.9 Å². The lowest BCUT2D eigenvalue weighted by atomic mass is 9.85. The Morgan fingerprint density at radius 2 is 1.81 bits per heavy atom. The number of ether oxygens (including phenoxy) is 1. The molecule has 6 heteroatoms. The third-order valence-corrected chi connectivity index (χ3v) is 4.93. The van der Waals surface area contributed by atoms with Gasteiger partial charge >= 0.3 is 5.97 Å². The molecule has 2 aromatic carbocycles. The molecule has 0 aliphatic heterocycles. The Balaban J connectivity index is 2.15. The molecule has 0 spiro atoms. The summed E-state index contributed by atoms with van der Waals surface area (Å²) in [6.07, 6.45) is 0. The molecule has 0 bridgehead atoms. The SMILES string of the molecule is CC(C)Cn1nc(-c2cc(C(C)(C)C)ccc2OCC(=O)O)cc1-c1ccc(F)cc1. The Hall–Kier alpha value is -3.15. The summed E-state index contributed by atoms with van der Waals surface area (Å²) in [7, 11) is 0. The van der Waals surface area contributed by atoms with E-state index in [4.69, 9.17) is 14.9 Å². The fourth-order valence-electron chi connectivity index (χ4n) is 3.35. The van der Waals surface area contributed by atoms with Gasteiger partial charge in [0.15, 0.2) is 6.61 Å². The van der Waals surface area contributed by atoms with Crippen LogP contribution in [0, 0.1) is 11.7 Å². The van der Waals surface area contributed by atoms with Crippen molar-refractivity contribution in [3.63, 3.8) is 0 Å². The number of aromatic nitrogens is 2. The van der Waals surface area contributed by atoms with Gasteiger partial charge in [-0.1, -0.05) is 40.7 Å². The first-order valence-electron chi connectivity index (χ1n) is 10.4. The number of aliphatic carboxylic acids is 1. The van der Waals surface area contributed by atoms with E-state index in [1.807, 2.05) is 22.9 Å². The minimum atomic E-state index is -1.04. The van der Waals surface area contributed by atoms with Gasteiger partial charge in [-0.25, -0.2) is 9.18 Å². The maximum absolute atomic E-state index is 13.5. The van der Waals surface area contributed by atoms with Gasteiger partial charge in [-0.05, 0) is 59.4 Å². The summed E-state index contributed by atoms with van der Waals surface area (Å²) >= 11 is 0. The van der Waals surface area contributed by atoms with Crippen LogP contribution in [0.3, 0.4) is 0 Å². The van der Waals surface area contributed by atoms with Crippen molar-refractivity contribution in [3.8, 4) is 28.3 Å². The van der Waals surface area contributed by atoms with Gasteiger partial charge in [-0.2, -0.15) is 5.10 Å². The average molecular weight is 425 g/mol. The zero-order valence-electron chi connectivity index (χ0n) is 18.6. The molecule has 5 nitrogen and oxygen atoms in total. The molecular formula is C25H29FN2O3. The van der Waals surface area contributed by atoms with Crippen LogP contribution in [0.2, 0.25) is 0 Å². The number of carboxylic acid groups (broad SMARTS) is 1. The Morgan fingerprint density at radius 3 is 2.39 bits per heavy atom. The molecule has 0 aliphatic rings. The molecule has 1 aromatic heterocycles. The van der Waals surface area contributed by atoms with Crippen LogP contribution in [0.5, 0.6) is 5.75 Å². The van der Waals surface area contributed by atoms with Crippen LogP contribution in [0.1, 0.15) is 40.2 Å². The largest absolute Gasteiger partial charge is 0.481 e. The Kier molecular flexibility index (Phi) is 6.48. The van der Waals surface area contributed by atoms with Crippen LogP contribution in [0.15, 0.2) is 48.5 Å². The predicted molar refractivity (Wildman–Crippen MR) is 120 cm³/mol. The Morgan fingerprint density at radius 1 is 1.13 bits per heavy atom. The van der Waals surface area contributed by atoms with Gasteiger partial charge in [-0.15, -0.1) is 0 Å². The normalized spacial score (nSPS) is 11.7. The van der Waals surface area contributed by atoms with Crippen LogP contribution in [0.4, 0.5) is 4.39 Å². The molecule has 164 valence electrons. The second-order valence-electron chi connectivity index (χ2n) is 9.14. The van der Waals surface area contributed by atoms with Crippen LogP contribution in [-0.2, 0) is 16.8 Å². The molecule has 0 radical (unpaired) electrons. The smallest absolute Gasteiger partial charge is 0.341 e. The fraction of sp³-hybridized carbons (Fsp3) is 0.360. The van der Waals surface area contributed by atoms with Gasteiger partial charge in [0.05, 0.1) is 11.4 Å². The van der Waals surface area contributed by atoms with E-state index in [-0.39, 0.29) is 11.2 Å². The van der Waals surface area contributed by atoms with Crippen molar-refractivity contribution in [1.82, 2.24) is 9.78 Å². The van der Waals surface area contributed by atoms with Gasteiger partial charge in [0.1, 0.15) is 11.6 Å². The Bertz CT molecular complexity index is 1060. The number of halogens is 1. The summed E-state index contributed by atoms with van der Waals surface area (Å²) in [5.74, 6) is -0.504. The fourth-order valence-corrected chi connectivity index (χ4v) is 3.35. The monoisotopic (exact) mass is 424 g/mol. The lowest BCUT2D eigenvalue weighted by molar-refractivity contribution is -0.139. The van der Waals surface area contributed by atoms with Gasteiger partial charge in [-0.3, -0.25) is 4.68 Å². The van der Waals surface area contributed by atoms with Gasteiger partial charge in [0, 0.05) is 17.7 Å². The van der Waals surface area contributed by atoms with Crippen LogP contribution < -0.4 is 4.74 Å². The Labute approximate surface area is 182 Å². The molecule has 1 N–H and O–H groups in total. The van der Waals surface area contributed by atoms with E-state index in [0.29, 0.717) is 23.9 Å². The average Bonchev–Trinajstić information content (AvgIpc) is 3.09. The molecule has 0 saturated carbocycles. The van der Waals surface area contributed by atoms with Crippen molar-refractivity contribution < 1.29 is 19.0 Å². The van der Waals surface area contributed by atoms with Crippen molar-refractivity contribution in [2.24, 2.45) is 5.92 Å².